The van der Waals surface area contributed by atoms with Crippen LogP contribution in [-0.2, 0) is 5.41 Å². The van der Waals surface area contributed by atoms with Crippen LogP contribution < -0.4 is 0 Å². The second-order valence-corrected chi connectivity index (χ2v) is 7.08. The fourth-order valence-electron chi connectivity index (χ4n) is 2.53. The van der Waals surface area contributed by atoms with Gasteiger partial charge >= 0.3 is 0 Å². The molecular weight excluding hydrogens is 308 g/mol. The highest BCUT2D eigenvalue weighted by atomic mass is 35.5. The van der Waals surface area contributed by atoms with E-state index in [1.54, 1.807) is 18.5 Å². The Labute approximate surface area is 132 Å². The van der Waals surface area contributed by atoms with Gasteiger partial charge in [-0.2, -0.15) is 0 Å². The number of amides is 1. The molecule has 0 aliphatic carbocycles. The van der Waals surface area contributed by atoms with E-state index in [0.29, 0.717) is 23.1 Å². The van der Waals surface area contributed by atoms with Crippen LogP contribution in [-0.4, -0.2) is 38.8 Å². The zero-order valence-corrected chi connectivity index (χ0v) is 13.2. The van der Waals surface area contributed by atoms with Crippen molar-refractivity contribution in [2.45, 2.75) is 25.2 Å². The van der Waals surface area contributed by atoms with E-state index < -0.39 is 0 Å². The molecule has 2 aromatic rings. The van der Waals surface area contributed by atoms with E-state index in [4.69, 9.17) is 11.6 Å². The molecule has 1 saturated heterocycles. The number of piperidine rings is 1. The van der Waals surface area contributed by atoms with Gasteiger partial charge in [0.05, 0.1) is 6.20 Å². The Hall–Kier alpha value is -1.53. The van der Waals surface area contributed by atoms with Gasteiger partial charge in [-0.05, 0) is 18.9 Å². The van der Waals surface area contributed by atoms with Gasteiger partial charge in [0.15, 0.2) is 0 Å². The Morgan fingerprint density at radius 1 is 1.38 bits per heavy atom. The quantitative estimate of drug-likeness (QED) is 0.853. The molecule has 0 atom stereocenters. The van der Waals surface area contributed by atoms with Crippen LogP contribution in [0.1, 0.15) is 35.3 Å². The average Bonchev–Trinajstić information content (AvgIpc) is 2.96. The third kappa shape index (κ3) is 2.91. The highest BCUT2D eigenvalue weighted by molar-refractivity contribution is 7.15. The van der Waals surface area contributed by atoms with Crippen LogP contribution in [0.3, 0.4) is 0 Å². The molecular formula is C14H15ClN4OS. The predicted octanol–water partition coefficient (Wildman–Crippen LogP) is 2.78. The van der Waals surface area contributed by atoms with Crippen molar-refractivity contribution in [3.63, 3.8) is 0 Å². The van der Waals surface area contributed by atoms with Crippen molar-refractivity contribution in [3.05, 3.63) is 39.8 Å². The van der Waals surface area contributed by atoms with Crippen LogP contribution >= 0.6 is 22.9 Å². The molecule has 2 aromatic heterocycles. The van der Waals surface area contributed by atoms with Crippen molar-refractivity contribution in [2.24, 2.45) is 0 Å². The maximum Gasteiger partial charge on any atom is 0.272 e. The molecule has 0 aromatic carbocycles. The van der Waals surface area contributed by atoms with Gasteiger partial charge in [0.1, 0.15) is 21.4 Å². The summed E-state index contributed by atoms with van der Waals surface area (Å²) in [5.74, 6) is -0.0309. The van der Waals surface area contributed by atoms with Crippen LogP contribution in [0.2, 0.25) is 4.34 Å². The lowest BCUT2D eigenvalue weighted by molar-refractivity contribution is 0.0669. The van der Waals surface area contributed by atoms with E-state index in [2.05, 4.69) is 21.9 Å². The highest BCUT2D eigenvalue weighted by Crippen LogP contribution is 2.38. The maximum atomic E-state index is 12.4. The predicted molar refractivity (Wildman–Crippen MR) is 81.6 cm³/mol. The third-order valence-corrected chi connectivity index (χ3v) is 5.37. The van der Waals surface area contributed by atoms with Gasteiger partial charge in [-0.3, -0.25) is 4.79 Å². The lowest BCUT2D eigenvalue weighted by Gasteiger charge is -2.38. The van der Waals surface area contributed by atoms with Crippen LogP contribution in [0.15, 0.2) is 24.8 Å². The minimum Gasteiger partial charge on any atom is -0.337 e. The highest BCUT2D eigenvalue weighted by Gasteiger charge is 2.36. The van der Waals surface area contributed by atoms with Crippen LogP contribution in [0.5, 0.6) is 0 Å². The summed E-state index contributed by atoms with van der Waals surface area (Å²) in [5, 5.41) is 1.06. The number of carbonyl (C=O) groups is 1. The summed E-state index contributed by atoms with van der Waals surface area (Å²) in [7, 11) is 0. The average molecular weight is 323 g/mol. The number of rotatable bonds is 2. The first kappa shape index (κ1) is 14.4. The zero-order valence-electron chi connectivity index (χ0n) is 11.6. The minimum absolute atomic E-state index is 0.000257. The van der Waals surface area contributed by atoms with Gasteiger partial charge in [-0.1, -0.05) is 18.5 Å². The molecule has 0 bridgehead atoms. The first-order valence-electron chi connectivity index (χ1n) is 6.76. The number of aromatic nitrogens is 3. The van der Waals surface area contributed by atoms with Crippen molar-refractivity contribution >= 4 is 28.8 Å². The summed E-state index contributed by atoms with van der Waals surface area (Å²) in [6.45, 7) is 3.60. The summed E-state index contributed by atoms with van der Waals surface area (Å²) in [4.78, 5) is 26.5. The van der Waals surface area contributed by atoms with Crippen LogP contribution in [0, 0.1) is 0 Å². The van der Waals surface area contributed by atoms with Crippen molar-refractivity contribution in [1.82, 2.24) is 19.9 Å². The number of hydrogen-bond donors (Lipinski definition) is 0. The smallest absolute Gasteiger partial charge is 0.272 e. The van der Waals surface area contributed by atoms with Crippen molar-refractivity contribution in [3.8, 4) is 0 Å². The number of thiazole rings is 1. The van der Waals surface area contributed by atoms with Crippen molar-refractivity contribution in [2.75, 3.05) is 13.1 Å². The molecule has 110 valence electrons. The molecule has 0 spiro atoms. The SMILES string of the molecule is CC1(c2ncc(Cl)s2)CCN(C(=O)c2ccncn2)CC1. The first-order valence-corrected chi connectivity index (χ1v) is 7.95. The van der Waals surface area contributed by atoms with Crippen molar-refractivity contribution in [1.29, 1.82) is 0 Å². The largest absolute Gasteiger partial charge is 0.337 e. The van der Waals surface area contributed by atoms with Crippen LogP contribution in [0.4, 0.5) is 0 Å². The maximum absolute atomic E-state index is 12.4. The summed E-state index contributed by atoms with van der Waals surface area (Å²) in [6.07, 6.45) is 6.46. The fraction of sp³-hybridized carbons (Fsp3) is 0.429. The van der Waals surface area contributed by atoms with E-state index in [1.165, 1.54) is 17.7 Å². The minimum atomic E-state index is -0.0309. The molecule has 7 heteroatoms. The summed E-state index contributed by atoms with van der Waals surface area (Å²) in [6, 6.07) is 1.65. The Balaban J connectivity index is 1.69. The molecule has 5 nitrogen and oxygen atoms in total. The van der Waals surface area contributed by atoms with E-state index >= 15 is 0 Å². The number of hydrogen-bond acceptors (Lipinski definition) is 5. The van der Waals surface area contributed by atoms with E-state index in [1.807, 2.05) is 4.90 Å². The van der Waals surface area contributed by atoms with E-state index in [0.717, 1.165) is 17.8 Å². The molecule has 0 unspecified atom stereocenters. The molecule has 0 saturated carbocycles. The molecule has 3 heterocycles. The number of carbonyl (C=O) groups excluding carboxylic acids is 1. The van der Waals surface area contributed by atoms with E-state index in [-0.39, 0.29) is 11.3 Å². The number of halogens is 1. The normalized spacial score (nSPS) is 17.7. The number of nitrogens with zero attached hydrogens (tertiary/aromatic N) is 4. The second-order valence-electron chi connectivity index (χ2n) is 5.42. The zero-order chi connectivity index (χ0) is 14.9. The molecule has 1 aliphatic rings. The summed E-state index contributed by atoms with van der Waals surface area (Å²) < 4.78 is 0.714. The fourth-order valence-corrected chi connectivity index (χ4v) is 3.64. The molecule has 3 rings (SSSR count). The summed E-state index contributed by atoms with van der Waals surface area (Å²) in [5.41, 5.74) is 0.450. The lowest BCUT2D eigenvalue weighted by atomic mass is 9.81. The van der Waals surface area contributed by atoms with E-state index in [9.17, 15) is 4.79 Å². The molecule has 1 amide bonds. The Morgan fingerprint density at radius 2 is 2.14 bits per heavy atom. The first-order chi connectivity index (χ1) is 10.1. The standard InChI is InChI=1S/C14H15ClN4OS/c1-14(13-17-8-11(15)21-13)3-6-19(7-4-14)12(20)10-2-5-16-9-18-10/h2,5,8-9H,3-4,6-7H2,1H3. The van der Waals surface area contributed by atoms with Gasteiger partial charge < -0.3 is 4.90 Å². The molecule has 0 radical (unpaired) electrons. The molecule has 1 fully saturated rings. The van der Waals surface area contributed by atoms with Crippen LogP contribution in [0.25, 0.3) is 0 Å². The Morgan fingerprint density at radius 3 is 2.71 bits per heavy atom. The molecule has 21 heavy (non-hydrogen) atoms. The lowest BCUT2D eigenvalue weighted by Crippen LogP contribution is -2.44. The van der Waals surface area contributed by atoms with Crippen molar-refractivity contribution < 1.29 is 4.79 Å². The monoisotopic (exact) mass is 322 g/mol. The Kier molecular flexibility index (Phi) is 3.91. The third-order valence-electron chi connectivity index (χ3n) is 3.95. The van der Waals surface area contributed by atoms with Gasteiger partial charge in [-0.25, -0.2) is 15.0 Å². The molecule has 1 aliphatic heterocycles. The van der Waals surface area contributed by atoms with Gasteiger partial charge in [-0.15, -0.1) is 11.3 Å². The van der Waals surface area contributed by atoms with Gasteiger partial charge in [0.2, 0.25) is 0 Å². The van der Waals surface area contributed by atoms with Gasteiger partial charge in [0, 0.05) is 24.7 Å². The Bertz CT molecular complexity index is 637. The molecule has 0 N–H and O–H groups in total. The van der Waals surface area contributed by atoms with Gasteiger partial charge in [0.25, 0.3) is 5.91 Å². The summed E-state index contributed by atoms with van der Waals surface area (Å²) >= 11 is 7.51. The topological polar surface area (TPSA) is 59.0 Å². The number of likely N-dealkylation sites (tertiary alicyclic amines) is 1. The second kappa shape index (κ2) is 5.69.